The molecule has 0 radical (unpaired) electrons. The van der Waals surface area contributed by atoms with E-state index in [9.17, 15) is 9.59 Å². The van der Waals surface area contributed by atoms with Gasteiger partial charge in [0.2, 0.25) is 11.8 Å². The van der Waals surface area contributed by atoms with Crippen molar-refractivity contribution >= 4 is 46.5 Å². The molecule has 2 fully saturated rings. The molecule has 0 N–H and O–H groups in total. The summed E-state index contributed by atoms with van der Waals surface area (Å²) in [6.07, 6.45) is 1.91. The van der Waals surface area contributed by atoms with Crippen molar-refractivity contribution in [3.05, 3.63) is 0 Å². The van der Waals surface area contributed by atoms with Crippen molar-refractivity contribution in [1.82, 2.24) is 19.6 Å². The average Bonchev–Trinajstić information content (AvgIpc) is 2.47. The van der Waals surface area contributed by atoms with Crippen molar-refractivity contribution in [3.63, 3.8) is 0 Å². The summed E-state index contributed by atoms with van der Waals surface area (Å²) in [4.78, 5) is 30.2. The van der Waals surface area contributed by atoms with Crippen LogP contribution in [-0.2, 0) is 9.59 Å². The highest BCUT2D eigenvalue weighted by Gasteiger charge is 2.27. The van der Waals surface area contributed by atoms with Crippen molar-refractivity contribution in [2.45, 2.75) is 19.3 Å². The minimum Gasteiger partial charge on any atom is -0.348 e. The summed E-state index contributed by atoms with van der Waals surface area (Å²) in [5.74, 6) is 0.155. The zero-order chi connectivity index (χ0) is 15.6. The summed E-state index contributed by atoms with van der Waals surface area (Å²) in [5, 5.41) is 1.19. The van der Waals surface area contributed by atoms with E-state index in [2.05, 4.69) is 9.80 Å². The molecule has 2 saturated heterocycles. The average molecular weight is 328 g/mol. The number of carbonyl (C=O) groups is 2. The Balaban J connectivity index is 1.79. The molecule has 0 aromatic rings. The minimum atomic E-state index is 0.0774. The third kappa shape index (κ3) is 3.49. The molecule has 0 bridgehead atoms. The normalized spacial score (nSPS) is 20.7. The van der Waals surface area contributed by atoms with Gasteiger partial charge in [-0.3, -0.25) is 19.4 Å². The fraction of sp³-hybridized carbons (Fsp3) is 0.692. The van der Waals surface area contributed by atoms with Gasteiger partial charge in [-0.05, 0) is 30.9 Å². The molecule has 0 spiro atoms. The molecule has 0 aliphatic carbocycles. The first-order valence-electron chi connectivity index (χ1n) is 7.02. The molecule has 0 aromatic heterocycles. The van der Waals surface area contributed by atoms with Crippen LogP contribution in [0.5, 0.6) is 0 Å². The van der Waals surface area contributed by atoms with Crippen LogP contribution in [0.4, 0.5) is 0 Å². The Morgan fingerprint density at radius 2 is 1.24 bits per heavy atom. The predicted molar refractivity (Wildman–Crippen MR) is 87.7 cm³/mol. The van der Waals surface area contributed by atoms with Gasteiger partial charge in [0.1, 0.15) is 0 Å². The Bertz CT molecular complexity index is 441. The van der Waals surface area contributed by atoms with Crippen molar-refractivity contribution in [2.75, 3.05) is 40.3 Å². The van der Waals surface area contributed by atoms with Crippen LogP contribution in [0.25, 0.3) is 0 Å². The third-order valence-electron chi connectivity index (χ3n) is 3.91. The largest absolute Gasteiger partial charge is 0.348 e. The second kappa shape index (κ2) is 6.65. The van der Waals surface area contributed by atoms with Gasteiger partial charge in [0.05, 0.1) is 0 Å². The summed E-state index contributed by atoms with van der Waals surface area (Å²) in [5.41, 5.74) is 0. The third-order valence-corrected chi connectivity index (χ3v) is 4.97. The number of thiocarbonyl (C=S) groups is 2. The van der Waals surface area contributed by atoms with E-state index in [-0.39, 0.29) is 11.8 Å². The molecule has 0 unspecified atom stereocenters. The van der Waals surface area contributed by atoms with Gasteiger partial charge < -0.3 is 9.80 Å². The molecule has 21 heavy (non-hydrogen) atoms. The summed E-state index contributed by atoms with van der Waals surface area (Å²) in [6.45, 7) is 2.97. The maximum Gasteiger partial charge on any atom is 0.230 e. The molecule has 6 nitrogen and oxygen atoms in total. The summed E-state index contributed by atoms with van der Waals surface area (Å²) < 4.78 is 0. The number of carbonyl (C=O) groups excluding carboxylic acids is 2. The molecular weight excluding hydrogens is 308 g/mol. The van der Waals surface area contributed by atoms with Crippen LogP contribution in [-0.4, -0.2) is 81.9 Å². The van der Waals surface area contributed by atoms with Gasteiger partial charge in [0.25, 0.3) is 0 Å². The maximum absolute atomic E-state index is 11.5. The zero-order valence-corrected chi connectivity index (χ0v) is 14.0. The predicted octanol–water partition coefficient (Wildman–Crippen LogP) is 0.275. The minimum absolute atomic E-state index is 0.0774. The van der Waals surface area contributed by atoms with Crippen molar-refractivity contribution in [1.29, 1.82) is 0 Å². The maximum atomic E-state index is 11.5. The van der Waals surface area contributed by atoms with Gasteiger partial charge >= 0.3 is 0 Å². The number of amides is 2. The van der Waals surface area contributed by atoms with E-state index in [0.717, 1.165) is 19.5 Å². The zero-order valence-electron chi connectivity index (χ0n) is 12.4. The van der Waals surface area contributed by atoms with Gasteiger partial charge in [0, 0.05) is 53.1 Å². The summed E-state index contributed by atoms with van der Waals surface area (Å²) >= 11 is 10.6. The van der Waals surface area contributed by atoms with Crippen molar-refractivity contribution < 1.29 is 9.59 Å². The SMILES string of the molecule is CN1C(=O)CCN(CCCN2CCC(=O)N(C)C2=S)C1=S. The van der Waals surface area contributed by atoms with Gasteiger partial charge in [-0.15, -0.1) is 0 Å². The van der Waals surface area contributed by atoms with E-state index in [4.69, 9.17) is 24.4 Å². The van der Waals surface area contributed by atoms with Gasteiger partial charge in [-0.25, -0.2) is 0 Å². The van der Waals surface area contributed by atoms with Gasteiger partial charge in [-0.1, -0.05) is 0 Å². The topological polar surface area (TPSA) is 47.1 Å². The fourth-order valence-corrected chi connectivity index (χ4v) is 3.06. The molecule has 2 aliphatic heterocycles. The lowest BCUT2D eigenvalue weighted by Gasteiger charge is -2.37. The van der Waals surface area contributed by atoms with Crippen molar-refractivity contribution in [3.8, 4) is 0 Å². The molecule has 2 rings (SSSR count). The van der Waals surface area contributed by atoms with E-state index in [1.165, 1.54) is 9.80 Å². The van der Waals surface area contributed by atoms with Crippen LogP contribution in [0, 0.1) is 0 Å². The molecule has 116 valence electrons. The van der Waals surface area contributed by atoms with Crippen LogP contribution in [0.1, 0.15) is 19.3 Å². The first kappa shape index (κ1) is 16.1. The Labute approximate surface area is 135 Å². The monoisotopic (exact) mass is 328 g/mol. The van der Waals surface area contributed by atoms with E-state index >= 15 is 0 Å². The lowest BCUT2D eigenvalue weighted by molar-refractivity contribution is -0.128. The van der Waals surface area contributed by atoms with Crippen LogP contribution in [0.3, 0.4) is 0 Å². The van der Waals surface area contributed by atoms with Crippen LogP contribution < -0.4 is 0 Å². The Kier molecular flexibility index (Phi) is 5.10. The van der Waals surface area contributed by atoms with E-state index in [1.807, 2.05) is 0 Å². The lowest BCUT2D eigenvalue weighted by Crippen LogP contribution is -2.52. The fourth-order valence-electron chi connectivity index (χ4n) is 2.49. The first-order chi connectivity index (χ1) is 9.91. The number of rotatable bonds is 4. The lowest BCUT2D eigenvalue weighted by atomic mass is 10.2. The molecule has 2 aliphatic rings. The second-order valence-corrected chi connectivity index (χ2v) is 6.03. The molecule has 2 amide bonds. The second-order valence-electron chi connectivity index (χ2n) is 5.30. The highest BCUT2D eigenvalue weighted by atomic mass is 32.1. The molecule has 2 heterocycles. The van der Waals surface area contributed by atoms with Crippen LogP contribution in [0.15, 0.2) is 0 Å². The quantitative estimate of drug-likeness (QED) is 0.691. The smallest absolute Gasteiger partial charge is 0.230 e. The molecule has 0 aromatic carbocycles. The highest BCUT2D eigenvalue weighted by molar-refractivity contribution is 7.80. The van der Waals surface area contributed by atoms with Crippen LogP contribution in [0.2, 0.25) is 0 Å². The Morgan fingerprint density at radius 1 is 0.857 bits per heavy atom. The van der Waals surface area contributed by atoms with Gasteiger partial charge in [0.15, 0.2) is 10.2 Å². The number of nitrogens with zero attached hydrogens (tertiary/aromatic N) is 4. The summed E-state index contributed by atoms with van der Waals surface area (Å²) in [7, 11) is 3.44. The van der Waals surface area contributed by atoms with Gasteiger partial charge in [-0.2, -0.15) is 0 Å². The van der Waals surface area contributed by atoms with Crippen molar-refractivity contribution in [2.24, 2.45) is 0 Å². The highest BCUT2D eigenvalue weighted by Crippen LogP contribution is 2.12. The van der Waals surface area contributed by atoms with E-state index < -0.39 is 0 Å². The van der Waals surface area contributed by atoms with E-state index in [0.29, 0.717) is 36.2 Å². The molecular formula is C13H20N4O2S2. The van der Waals surface area contributed by atoms with Crippen LogP contribution >= 0.6 is 24.4 Å². The standard InChI is InChI=1S/C13H20N4O2S2/c1-14-10(18)4-8-16(12(14)20)6-3-7-17-9-5-11(19)15(2)13(17)21/h3-9H2,1-2H3. The van der Waals surface area contributed by atoms with E-state index in [1.54, 1.807) is 14.1 Å². The number of hydrogen-bond donors (Lipinski definition) is 0. The Hall–Kier alpha value is -1.28. The molecule has 0 saturated carbocycles. The molecule has 8 heteroatoms. The molecule has 0 atom stereocenters. The summed E-state index contributed by atoms with van der Waals surface area (Å²) in [6, 6.07) is 0. The Morgan fingerprint density at radius 3 is 1.62 bits per heavy atom. The first-order valence-corrected chi connectivity index (χ1v) is 7.84. The number of hydrogen-bond acceptors (Lipinski definition) is 4.